The Hall–Kier alpha value is -1.22. The van der Waals surface area contributed by atoms with Crippen LogP contribution in [0.4, 0.5) is 4.39 Å². The molecule has 2 unspecified atom stereocenters. The highest BCUT2D eigenvalue weighted by atomic mass is 19.1. The third-order valence-electron chi connectivity index (χ3n) is 3.01. The van der Waals surface area contributed by atoms with Gasteiger partial charge in [-0.15, -0.1) is 0 Å². The molecular formula is C10H15FN2O5. The lowest BCUT2D eigenvalue weighted by Gasteiger charge is -2.36. The zero-order valence-electron chi connectivity index (χ0n) is 9.65. The number of hydrogen-bond acceptors (Lipinski definition) is 6. The van der Waals surface area contributed by atoms with Crippen LogP contribution in [-0.2, 0) is 9.53 Å². The number of halogens is 1. The van der Waals surface area contributed by atoms with Crippen molar-refractivity contribution in [3.63, 3.8) is 0 Å². The van der Waals surface area contributed by atoms with E-state index in [9.17, 15) is 19.4 Å². The minimum atomic E-state index is -1.80. The van der Waals surface area contributed by atoms with Crippen molar-refractivity contribution < 1.29 is 29.2 Å². The van der Waals surface area contributed by atoms with Gasteiger partial charge in [0.1, 0.15) is 12.2 Å². The molecule has 0 aromatic heterocycles. The van der Waals surface area contributed by atoms with Crippen molar-refractivity contribution in [2.24, 2.45) is 0 Å². The lowest BCUT2D eigenvalue weighted by atomic mass is 10.1. The minimum absolute atomic E-state index is 0.276. The van der Waals surface area contributed by atoms with Crippen molar-refractivity contribution in [2.75, 3.05) is 6.61 Å². The zero-order valence-corrected chi connectivity index (χ0v) is 9.65. The molecule has 1 amide bonds. The summed E-state index contributed by atoms with van der Waals surface area (Å²) in [6.45, 7) is 0.966. The van der Waals surface area contributed by atoms with E-state index in [4.69, 9.17) is 9.84 Å². The molecule has 2 rings (SSSR count). The number of ether oxygens (including phenoxy) is 1. The van der Waals surface area contributed by atoms with Gasteiger partial charge in [-0.3, -0.25) is 4.79 Å². The molecule has 0 aromatic carbocycles. The molecule has 0 saturated carbocycles. The van der Waals surface area contributed by atoms with Crippen molar-refractivity contribution in [3.05, 3.63) is 11.8 Å². The van der Waals surface area contributed by atoms with Gasteiger partial charge in [0.25, 0.3) is 5.91 Å². The van der Waals surface area contributed by atoms with Gasteiger partial charge in [-0.05, 0) is 6.92 Å². The number of alkyl halides is 1. The highest BCUT2D eigenvalue weighted by molar-refractivity contribution is 5.93. The van der Waals surface area contributed by atoms with Crippen molar-refractivity contribution in [2.45, 2.75) is 37.9 Å². The maximum Gasteiger partial charge on any atom is 0.251 e. The summed E-state index contributed by atoms with van der Waals surface area (Å²) in [5.74, 6) is -0.466. The van der Waals surface area contributed by atoms with Crippen LogP contribution in [0.15, 0.2) is 11.8 Å². The van der Waals surface area contributed by atoms with Gasteiger partial charge in [0, 0.05) is 11.8 Å². The number of hydrogen-bond donors (Lipinski definition) is 4. The molecule has 2 heterocycles. The molecule has 4 N–H and O–H groups in total. The number of aliphatic hydroxyl groups is 3. The van der Waals surface area contributed by atoms with E-state index in [0.29, 0.717) is 0 Å². The van der Waals surface area contributed by atoms with Crippen LogP contribution in [0.3, 0.4) is 0 Å². The fraction of sp³-hybridized carbons (Fsp3) is 0.700. The summed E-state index contributed by atoms with van der Waals surface area (Å²) in [5, 5.41) is 30.2. The summed E-state index contributed by atoms with van der Waals surface area (Å²) < 4.78 is 18.9. The predicted molar refractivity (Wildman–Crippen MR) is 56.4 cm³/mol. The third-order valence-corrected chi connectivity index (χ3v) is 3.01. The topological polar surface area (TPSA) is 102 Å². The van der Waals surface area contributed by atoms with Gasteiger partial charge in [-0.1, -0.05) is 0 Å². The van der Waals surface area contributed by atoms with Crippen molar-refractivity contribution in [1.82, 2.24) is 10.2 Å². The maximum absolute atomic E-state index is 13.8. The third kappa shape index (κ3) is 2.07. The zero-order chi connectivity index (χ0) is 13.4. The first-order valence-electron chi connectivity index (χ1n) is 5.49. The Balaban J connectivity index is 2.19. The van der Waals surface area contributed by atoms with E-state index in [-0.39, 0.29) is 5.57 Å². The molecule has 0 radical (unpaired) electrons. The van der Waals surface area contributed by atoms with E-state index in [0.717, 1.165) is 4.90 Å². The molecule has 0 spiro atoms. The lowest BCUT2D eigenvalue weighted by Crippen LogP contribution is -2.55. The molecule has 1 saturated heterocycles. The average Bonchev–Trinajstić information content (AvgIpc) is 2.61. The van der Waals surface area contributed by atoms with Gasteiger partial charge >= 0.3 is 0 Å². The number of aliphatic hydroxyl groups excluding tert-OH is 3. The molecule has 0 aromatic rings. The number of carbonyl (C=O) groups is 1. The summed E-state index contributed by atoms with van der Waals surface area (Å²) in [7, 11) is 0. The molecule has 7 nitrogen and oxygen atoms in total. The fourth-order valence-corrected chi connectivity index (χ4v) is 1.97. The Morgan fingerprint density at radius 3 is 2.78 bits per heavy atom. The Morgan fingerprint density at radius 2 is 2.22 bits per heavy atom. The quantitative estimate of drug-likeness (QED) is 0.460. The van der Waals surface area contributed by atoms with Crippen LogP contribution in [0.25, 0.3) is 0 Å². The van der Waals surface area contributed by atoms with E-state index in [2.05, 4.69) is 5.32 Å². The van der Waals surface area contributed by atoms with Crippen LogP contribution in [-0.4, -0.2) is 63.7 Å². The minimum Gasteiger partial charge on any atom is -0.394 e. The normalized spacial score (nSPS) is 40.7. The van der Waals surface area contributed by atoms with Crippen LogP contribution in [0.2, 0.25) is 0 Å². The van der Waals surface area contributed by atoms with Crippen molar-refractivity contribution in [3.8, 4) is 0 Å². The molecular weight excluding hydrogens is 247 g/mol. The maximum atomic E-state index is 13.8. The van der Waals surface area contributed by atoms with Crippen molar-refractivity contribution >= 4 is 5.91 Å². The van der Waals surface area contributed by atoms with Gasteiger partial charge in [0.2, 0.25) is 6.35 Å². The summed E-state index contributed by atoms with van der Waals surface area (Å²) in [6, 6.07) is 0. The van der Waals surface area contributed by atoms with Gasteiger partial charge in [0.05, 0.1) is 6.61 Å². The Kier molecular flexibility index (Phi) is 3.53. The van der Waals surface area contributed by atoms with Crippen LogP contribution in [0, 0.1) is 0 Å². The molecule has 2 aliphatic heterocycles. The lowest BCUT2D eigenvalue weighted by molar-refractivity contribution is -0.149. The van der Waals surface area contributed by atoms with Crippen LogP contribution in [0.1, 0.15) is 6.92 Å². The molecule has 2 aliphatic rings. The van der Waals surface area contributed by atoms with Gasteiger partial charge in [-0.25, -0.2) is 4.39 Å². The molecule has 102 valence electrons. The van der Waals surface area contributed by atoms with Crippen LogP contribution >= 0.6 is 0 Å². The summed E-state index contributed by atoms with van der Waals surface area (Å²) in [5.41, 5.74) is 0.276. The molecule has 0 bridgehead atoms. The smallest absolute Gasteiger partial charge is 0.251 e. The van der Waals surface area contributed by atoms with Crippen LogP contribution in [0.5, 0.6) is 0 Å². The van der Waals surface area contributed by atoms with E-state index in [1.807, 2.05) is 0 Å². The first kappa shape index (κ1) is 13.2. The van der Waals surface area contributed by atoms with Gasteiger partial charge in [0.15, 0.2) is 12.4 Å². The van der Waals surface area contributed by atoms with E-state index >= 15 is 0 Å². The van der Waals surface area contributed by atoms with Crippen LogP contribution < -0.4 is 5.32 Å². The highest BCUT2D eigenvalue weighted by Crippen LogP contribution is 2.28. The van der Waals surface area contributed by atoms with Gasteiger partial charge < -0.3 is 30.3 Å². The summed E-state index contributed by atoms with van der Waals surface area (Å²) in [6.07, 6.45) is -5.76. The first-order chi connectivity index (χ1) is 8.45. The molecule has 8 heteroatoms. The largest absolute Gasteiger partial charge is 0.394 e. The molecule has 18 heavy (non-hydrogen) atoms. The molecule has 1 fully saturated rings. The number of rotatable bonds is 2. The number of carbonyl (C=O) groups excluding carboxylic acids is 1. The number of amides is 1. The Labute approximate surface area is 102 Å². The second kappa shape index (κ2) is 4.81. The van der Waals surface area contributed by atoms with Crippen molar-refractivity contribution in [1.29, 1.82) is 0 Å². The molecule has 0 aliphatic carbocycles. The highest BCUT2D eigenvalue weighted by Gasteiger charge is 2.48. The SMILES string of the molecule is CC1=CN([C@H]2O[C@@H](CO)[C@@H](O)C2F)C(O)NC1=O. The number of nitrogens with zero attached hydrogens (tertiary/aromatic N) is 1. The Morgan fingerprint density at radius 1 is 1.56 bits per heavy atom. The van der Waals surface area contributed by atoms with E-state index < -0.39 is 43.5 Å². The van der Waals surface area contributed by atoms with E-state index in [1.54, 1.807) is 0 Å². The summed E-state index contributed by atoms with van der Waals surface area (Å²) in [4.78, 5) is 12.3. The number of nitrogens with one attached hydrogen (secondary N) is 1. The monoisotopic (exact) mass is 262 g/mol. The second-order valence-electron chi connectivity index (χ2n) is 4.29. The first-order valence-corrected chi connectivity index (χ1v) is 5.49. The summed E-state index contributed by atoms with van der Waals surface area (Å²) >= 11 is 0. The predicted octanol–water partition coefficient (Wildman–Crippen LogP) is -1.99. The fourth-order valence-electron chi connectivity index (χ4n) is 1.97. The Bertz CT molecular complexity index is 377. The standard InChI is InChI=1S/C10H15FN2O5/c1-4-2-13(10(17)12-8(4)16)9-6(11)7(15)5(3-14)18-9/h2,5-7,9-10,14-15,17H,3H2,1H3,(H,12,16)/t5-,6?,7+,9-,10?/m0/s1. The second-order valence-corrected chi connectivity index (χ2v) is 4.29. The van der Waals surface area contributed by atoms with E-state index in [1.165, 1.54) is 13.1 Å². The van der Waals surface area contributed by atoms with Gasteiger partial charge in [-0.2, -0.15) is 0 Å². The average molecular weight is 262 g/mol. The molecule has 5 atom stereocenters.